The van der Waals surface area contributed by atoms with Crippen LogP contribution < -0.4 is 16.2 Å². The van der Waals surface area contributed by atoms with Crippen LogP contribution in [0.1, 0.15) is 17.8 Å². The highest BCUT2D eigenvalue weighted by Gasteiger charge is 2.08. The summed E-state index contributed by atoms with van der Waals surface area (Å²) in [6.45, 7) is 5.08. The number of fused-ring (bicyclic) bond motifs is 1. The second kappa shape index (κ2) is 9.38. The van der Waals surface area contributed by atoms with Crippen molar-refractivity contribution in [1.29, 1.82) is 0 Å². The Kier molecular flexibility index (Phi) is 6.20. The predicted molar refractivity (Wildman–Crippen MR) is 121 cm³/mol. The number of amides is 1. The van der Waals surface area contributed by atoms with Crippen molar-refractivity contribution in [2.75, 3.05) is 18.4 Å². The van der Waals surface area contributed by atoms with Crippen LogP contribution in [0, 0.1) is 13.8 Å². The Balaban J connectivity index is 1.25. The zero-order chi connectivity index (χ0) is 22.5. The first kappa shape index (κ1) is 21.2. The van der Waals surface area contributed by atoms with Crippen LogP contribution in [-0.4, -0.2) is 48.3 Å². The van der Waals surface area contributed by atoms with E-state index in [-0.39, 0.29) is 24.4 Å². The second-order valence-corrected chi connectivity index (χ2v) is 7.39. The third kappa shape index (κ3) is 4.80. The summed E-state index contributed by atoms with van der Waals surface area (Å²) < 4.78 is 3.22. The van der Waals surface area contributed by atoms with Gasteiger partial charge in [0.25, 0.3) is 5.56 Å². The largest absolute Gasteiger partial charge is 0.368 e. The fraction of sp³-hybridized carbons (Fsp3) is 0.273. The molecule has 3 heterocycles. The van der Waals surface area contributed by atoms with Crippen LogP contribution in [-0.2, 0) is 11.3 Å². The number of nitrogens with one attached hydrogen (secondary N) is 2. The van der Waals surface area contributed by atoms with Gasteiger partial charge in [0.05, 0.1) is 22.9 Å². The van der Waals surface area contributed by atoms with Crippen LogP contribution in [0.25, 0.3) is 16.7 Å². The summed E-state index contributed by atoms with van der Waals surface area (Å²) in [6.07, 6.45) is 3.15. The number of benzene rings is 1. The minimum absolute atomic E-state index is 0.141. The smallest absolute Gasteiger partial charge is 0.261 e. The lowest BCUT2D eigenvalue weighted by Crippen LogP contribution is -2.31. The number of para-hydroxylation sites is 1. The highest BCUT2D eigenvalue weighted by atomic mass is 16.1. The van der Waals surface area contributed by atoms with Crippen LogP contribution in [0.2, 0.25) is 0 Å². The number of hydrogen-bond acceptors (Lipinski definition) is 7. The highest BCUT2D eigenvalue weighted by molar-refractivity contribution is 5.77. The molecule has 0 fully saturated rings. The van der Waals surface area contributed by atoms with Gasteiger partial charge in [0.1, 0.15) is 12.1 Å². The SMILES string of the molecule is Cc1cc(C)n(-c2cc(NCCNC(=O)CCn3cnc4ccccc4c3=O)ncn2)n1. The fourth-order valence-corrected chi connectivity index (χ4v) is 3.39. The van der Waals surface area contributed by atoms with Crippen molar-refractivity contribution >= 4 is 22.6 Å². The molecule has 164 valence electrons. The maximum Gasteiger partial charge on any atom is 0.261 e. The van der Waals surface area contributed by atoms with Crippen LogP contribution in [0.5, 0.6) is 0 Å². The van der Waals surface area contributed by atoms with Gasteiger partial charge < -0.3 is 10.6 Å². The lowest BCUT2D eigenvalue weighted by molar-refractivity contribution is -0.121. The predicted octanol–water partition coefficient (Wildman–Crippen LogP) is 1.61. The fourth-order valence-electron chi connectivity index (χ4n) is 3.39. The zero-order valence-corrected chi connectivity index (χ0v) is 17.9. The minimum atomic E-state index is -0.146. The molecule has 3 aromatic heterocycles. The Morgan fingerprint density at radius 3 is 2.72 bits per heavy atom. The van der Waals surface area contributed by atoms with Crippen molar-refractivity contribution in [2.45, 2.75) is 26.8 Å². The van der Waals surface area contributed by atoms with E-state index in [0.717, 1.165) is 11.4 Å². The molecule has 0 radical (unpaired) electrons. The van der Waals surface area contributed by atoms with Crippen molar-refractivity contribution in [3.8, 4) is 5.82 Å². The van der Waals surface area contributed by atoms with E-state index in [1.165, 1.54) is 17.2 Å². The molecular formula is C22H24N8O2. The van der Waals surface area contributed by atoms with Gasteiger partial charge in [0.15, 0.2) is 5.82 Å². The molecule has 0 atom stereocenters. The van der Waals surface area contributed by atoms with Crippen LogP contribution in [0.4, 0.5) is 5.82 Å². The molecule has 0 aliphatic carbocycles. The van der Waals surface area contributed by atoms with Crippen molar-refractivity contribution in [2.24, 2.45) is 0 Å². The Hall–Kier alpha value is -4.08. The van der Waals surface area contributed by atoms with E-state index in [0.29, 0.717) is 35.6 Å². The first-order valence-electron chi connectivity index (χ1n) is 10.3. The van der Waals surface area contributed by atoms with Gasteiger partial charge in [-0.2, -0.15) is 5.10 Å². The third-order valence-corrected chi connectivity index (χ3v) is 4.94. The molecule has 0 bridgehead atoms. The first-order chi connectivity index (χ1) is 15.5. The first-order valence-corrected chi connectivity index (χ1v) is 10.3. The van der Waals surface area contributed by atoms with Crippen molar-refractivity contribution in [3.05, 3.63) is 70.8 Å². The highest BCUT2D eigenvalue weighted by Crippen LogP contribution is 2.12. The van der Waals surface area contributed by atoms with Crippen molar-refractivity contribution in [1.82, 2.24) is 34.6 Å². The summed E-state index contributed by atoms with van der Waals surface area (Å²) in [7, 11) is 0. The van der Waals surface area contributed by atoms with Crippen LogP contribution in [0.15, 0.2) is 53.8 Å². The minimum Gasteiger partial charge on any atom is -0.368 e. The van der Waals surface area contributed by atoms with Gasteiger partial charge >= 0.3 is 0 Å². The number of aryl methyl sites for hydroxylation is 3. The monoisotopic (exact) mass is 432 g/mol. The van der Waals surface area contributed by atoms with E-state index in [2.05, 4.69) is 30.7 Å². The Bertz CT molecular complexity index is 1310. The Labute approximate surface area is 184 Å². The summed E-state index contributed by atoms with van der Waals surface area (Å²) in [5.74, 6) is 1.18. The number of rotatable bonds is 8. The molecule has 0 aliphatic rings. The van der Waals surface area contributed by atoms with Gasteiger partial charge in [-0.15, -0.1) is 0 Å². The van der Waals surface area contributed by atoms with Gasteiger partial charge in [-0.1, -0.05) is 12.1 Å². The van der Waals surface area contributed by atoms with Crippen molar-refractivity contribution < 1.29 is 4.79 Å². The van der Waals surface area contributed by atoms with Gasteiger partial charge in [0, 0.05) is 37.8 Å². The number of aromatic nitrogens is 6. The van der Waals surface area contributed by atoms with E-state index < -0.39 is 0 Å². The Morgan fingerprint density at radius 1 is 1.06 bits per heavy atom. The molecule has 2 N–H and O–H groups in total. The number of hydrogen-bond donors (Lipinski definition) is 2. The standard InChI is InChI=1S/C22H24N8O2/c1-15-11-16(2)30(28-15)20-12-19(25-13-26-20)23-8-9-24-21(31)7-10-29-14-27-18-6-4-3-5-17(18)22(29)32/h3-6,11-14H,7-10H2,1-2H3,(H,24,31)(H,23,25,26). The topological polar surface area (TPSA) is 120 Å². The van der Waals surface area contributed by atoms with Gasteiger partial charge in [-0.3, -0.25) is 14.2 Å². The second-order valence-electron chi connectivity index (χ2n) is 7.39. The molecule has 0 saturated carbocycles. The number of carbonyl (C=O) groups excluding carboxylic acids is 1. The van der Waals surface area contributed by atoms with Gasteiger partial charge in [-0.05, 0) is 32.0 Å². The molecule has 4 aromatic rings. The maximum absolute atomic E-state index is 12.5. The lowest BCUT2D eigenvalue weighted by atomic mass is 10.2. The van der Waals surface area contributed by atoms with Crippen molar-refractivity contribution in [3.63, 3.8) is 0 Å². The average molecular weight is 432 g/mol. The van der Waals surface area contributed by atoms with E-state index in [1.807, 2.05) is 26.0 Å². The molecule has 0 spiro atoms. The molecule has 10 nitrogen and oxygen atoms in total. The molecule has 0 aliphatic heterocycles. The summed E-state index contributed by atoms with van der Waals surface area (Å²) >= 11 is 0. The number of carbonyl (C=O) groups is 1. The zero-order valence-electron chi connectivity index (χ0n) is 17.9. The summed E-state index contributed by atoms with van der Waals surface area (Å²) in [5.41, 5.74) is 2.41. The Morgan fingerprint density at radius 2 is 1.91 bits per heavy atom. The molecule has 1 amide bonds. The van der Waals surface area contributed by atoms with Gasteiger partial charge in [-0.25, -0.2) is 19.6 Å². The number of nitrogens with zero attached hydrogens (tertiary/aromatic N) is 6. The lowest BCUT2D eigenvalue weighted by Gasteiger charge is -2.10. The summed E-state index contributed by atoms with van der Waals surface area (Å²) in [4.78, 5) is 37.4. The maximum atomic E-state index is 12.5. The van der Waals surface area contributed by atoms with Crippen LogP contribution in [0.3, 0.4) is 0 Å². The van der Waals surface area contributed by atoms with E-state index in [9.17, 15) is 9.59 Å². The molecule has 1 aromatic carbocycles. The van der Waals surface area contributed by atoms with E-state index in [1.54, 1.807) is 28.9 Å². The third-order valence-electron chi connectivity index (χ3n) is 4.94. The molecule has 4 rings (SSSR count). The summed E-state index contributed by atoms with van der Waals surface area (Å²) in [5, 5.41) is 11.0. The normalized spacial score (nSPS) is 10.9. The van der Waals surface area contributed by atoms with Crippen LogP contribution >= 0.6 is 0 Å². The molecular weight excluding hydrogens is 408 g/mol. The molecule has 10 heteroatoms. The molecule has 32 heavy (non-hydrogen) atoms. The molecule has 0 saturated heterocycles. The molecule has 0 unspecified atom stereocenters. The average Bonchev–Trinajstić information content (AvgIpc) is 3.14. The van der Waals surface area contributed by atoms with Gasteiger partial charge in [0.2, 0.25) is 5.91 Å². The summed E-state index contributed by atoms with van der Waals surface area (Å²) in [6, 6.07) is 10.9. The van der Waals surface area contributed by atoms with E-state index in [4.69, 9.17) is 0 Å². The van der Waals surface area contributed by atoms with E-state index >= 15 is 0 Å². The quantitative estimate of drug-likeness (QED) is 0.406. The number of anilines is 1.